The smallest absolute Gasteiger partial charge is 0.00132 e. The highest BCUT2D eigenvalue weighted by atomic mass is 15.1. The number of nitrogens with zero attached hydrogens (tertiary/aromatic N) is 1. The SMILES string of the molecule is CCC(CC)CN(CC)CC1CCNCC1C. The standard InChI is InChI=1S/C15H32N2/c1-5-14(6-2)11-17(7-3)12-15-8-9-16-10-13(15)4/h13-16H,5-12H2,1-4H3. The van der Waals surface area contributed by atoms with Crippen LogP contribution < -0.4 is 5.32 Å². The molecule has 102 valence electrons. The molecule has 2 unspecified atom stereocenters. The van der Waals surface area contributed by atoms with Gasteiger partial charge in [0.25, 0.3) is 0 Å². The quantitative estimate of drug-likeness (QED) is 0.736. The molecule has 0 radical (unpaired) electrons. The zero-order chi connectivity index (χ0) is 12.7. The maximum atomic E-state index is 3.50. The Kier molecular flexibility index (Phi) is 7.14. The molecular formula is C15H32N2. The first-order chi connectivity index (χ1) is 8.21. The van der Waals surface area contributed by atoms with Crippen molar-refractivity contribution in [2.24, 2.45) is 17.8 Å². The van der Waals surface area contributed by atoms with Gasteiger partial charge in [0.1, 0.15) is 0 Å². The van der Waals surface area contributed by atoms with Crippen LogP contribution in [0.4, 0.5) is 0 Å². The number of hydrogen-bond acceptors (Lipinski definition) is 2. The Morgan fingerprint density at radius 1 is 1.24 bits per heavy atom. The molecule has 1 saturated heterocycles. The van der Waals surface area contributed by atoms with E-state index in [0.29, 0.717) is 0 Å². The van der Waals surface area contributed by atoms with E-state index in [1.165, 1.54) is 52.0 Å². The summed E-state index contributed by atoms with van der Waals surface area (Å²) < 4.78 is 0. The lowest BCUT2D eigenvalue weighted by Gasteiger charge is -2.35. The Labute approximate surface area is 108 Å². The Morgan fingerprint density at radius 2 is 1.94 bits per heavy atom. The predicted octanol–water partition coefficient (Wildman–Crippen LogP) is 2.99. The van der Waals surface area contributed by atoms with Gasteiger partial charge >= 0.3 is 0 Å². The molecule has 0 saturated carbocycles. The van der Waals surface area contributed by atoms with Crippen LogP contribution in [0.15, 0.2) is 0 Å². The molecule has 1 rings (SSSR count). The van der Waals surface area contributed by atoms with Crippen molar-refractivity contribution in [2.45, 2.75) is 47.0 Å². The average Bonchev–Trinajstić information content (AvgIpc) is 2.36. The maximum Gasteiger partial charge on any atom is 0.00132 e. The maximum absolute atomic E-state index is 3.50. The topological polar surface area (TPSA) is 15.3 Å². The van der Waals surface area contributed by atoms with Crippen LogP contribution in [0.2, 0.25) is 0 Å². The van der Waals surface area contributed by atoms with E-state index in [2.05, 4.69) is 37.9 Å². The van der Waals surface area contributed by atoms with E-state index in [4.69, 9.17) is 0 Å². The van der Waals surface area contributed by atoms with Crippen LogP contribution in [0.1, 0.15) is 47.0 Å². The number of hydrogen-bond donors (Lipinski definition) is 1. The minimum Gasteiger partial charge on any atom is -0.316 e. The Hall–Kier alpha value is -0.0800. The monoisotopic (exact) mass is 240 g/mol. The third-order valence-electron chi connectivity index (χ3n) is 4.57. The summed E-state index contributed by atoms with van der Waals surface area (Å²) in [4.78, 5) is 2.68. The van der Waals surface area contributed by atoms with Crippen LogP contribution in [0.25, 0.3) is 0 Å². The average molecular weight is 240 g/mol. The molecule has 0 aromatic rings. The normalized spacial score (nSPS) is 25.8. The summed E-state index contributed by atoms with van der Waals surface area (Å²) in [6, 6.07) is 0. The van der Waals surface area contributed by atoms with Gasteiger partial charge in [-0.25, -0.2) is 0 Å². The van der Waals surface area contributed by atoms with Gasteiger partial charge in [-0.2, -0.15) is 0 Å². The first-order valence-electron chi connectivity index (χ1n) is 7.64. The van der Waals surface area contributed by atoms with Crippen molar-refractivity contribution in [2.75, 3.05) is 32.7 Å². The van der Waals surface area contributed by atoms with Crippen LogP contribution in [-0.2, 0) is 0 Å². The fourth-order valence-corrected chi connectivity index (χ4v) is 2.92. The highest BCUT2D eigenvalue weighted by Gasteiger charge is 2.23. The fraction of sp³-hybridized carbons (Fsp3) is 1.00. The van der Waals surface area contributed by atoms with Gasteiger partial charge in [-0.15, -0.1) is 0 Å². The Bertz CT molecular complexity index is 189. The predicted molar refractivity (Wildman–Crippen MR) is 76.3 cm³/mol. The van der Waals surface area contributed by atoms with Crippen molar-refractivity contribution in [3.05, 3.63) is 0 Å². The minimum absolute atomic E-state index is 0.847. The highest BCUT2D eigenvalue weighted by Crippen LogP contribution is 2.21. The number of rotatable bonds is 7. The molecule has 0 aliphatic carbocycles. The number of nitrogens with one attached hydrogen (secondary N) is 1. The van der Waals surface area contributed by atoms with E-state index in [1.54, 1.807) is 0 Å². The minimum atomic E-state index is 0.847. The lowest BCUT2D eigenvalue weighted by atomic mass is 9.87. The summed E-state index contributed by atoms with van der Waals surface area (Å²) in [7, 11) is 0. The molecular weight excluding hydrogens is 208 g/mol. The Balaban J connectivity index is 2.39. The summed E-state index contributed by atoms with van der Waals surface area (Å²) in [6.07, 6.45) is 4.02. The van der Waals surface area contributed by atoms with E-state index in [-0.39, 0.29) is 0 Å². The molecule has 0 spiro atoms. The molecule has 1 aliphatic heterocycles. The van der Waals surface area contributed by atoms with Crippen molar-refractivity contribution in [3.63, 3.8) is 0 Å². The summed E-state index contributed by atoms with van der Waals surface area (Å²) in [5.41, 5.74) is 0. The molecule has 0 amide bonds. The van der Waals surface area contributed by atoms with Crippen molar-refractivity contribution < 1.29 is 0 Å². The van der Waals surface area contributed by atoms with Gasteiger partial charge in [-0.3, -0.25) is 0 Å². The molecule has 0 bridgehead atoms. The molecule has 2 nitrogen and oxygen atoms in total. The molecule has 0 aromatic heterocycles. The molecule has 17 heavy (non-hydrogen) atoms. The lowest BCUT2D eigenvalue weighted by Crippen LogP contribution is -2.42. The van der Waals surface area contributed by atoms with E-state index in [1.807, 2.05) is 0 Å². The zero-order valence-electron chi connectivity index (χ0n) is 12.3. The van der Waals surface area contributed by atoms with Gasteiger partial charge in [0.15, 0.2) is 0 Å². The van der Waals surface area contributed by atoms with Crippen LogP contribution >= 0.6 is 0 Å². The van der Waals surface area contributed by atoms with Crippen molar-refractivity contribution in [1.82, 2.24) is 10.2 Å². The molecule has 0 aromatic carbocycles. The van der Waals surface area contributed by atoms with Gasteiger partial charge in [0, 0.05) is 13.1 Å². The third kappa shape index (κ3) is 4.97. The number of piperidine rings is 1. The van der Waals surface area contributed by atoms with Crippen LogP contribution in [0.3, 0.4) is 0 Å². The fourth-order valence-electron chi connectivity index (χ4n) is 2.92. The van der Waals surface area contributed by atoms with Gasteiger partial charge in [-0.05, 0) is 43.8 Å². The van der Waals surface area contributed by atoms with E-state index < -0.39 is 0 Å². The molecule has 1 heterocycles. The van der Waals surface area contributed by atoms with Crippen molar-refractivity contribution in [3.8, 4) is 0 Å². The molecule has 1 fully saturated rings. The first-order valence-corrected chi connectivity index (χ1v) is 7.64. The second-order valence-electron chi connectivity index (χ2n) is 5.76. The highest BCUT2D eigenvalue weighted by molar-refractivity contribution is 4.78. The second-order valence-corrected chi connectivity index (χ2v) is 5.76. The van der Waals surface area contributed by atoms with Gasteiger partial charge in [0.05, 0.1) is 0 Å². The van der Waals surface area contributed by atoms with Gasteiger partial charge < -0.3 is 10.2 Å². The van der Waals surface area contributed by atoms with Gasteiger partial charge in [0.2, 0.25) is 0 Å². The molecule has 2 atom stereocenters. The third-order valence-corrected chi connectivity index (χ3v) is 4.57. The Morgan fingerprint density at radius 3 is 2.47 bits per heavy atom. The summed E-state index contributed by atoms with van der Waals surface area (Å²) in [5.74, 6) is 2.65. The molecule has 1 N–H and O–H groups in total. The molecule has 1 aliphatic rings. The largest absolute Gasteiger partial charge is 0.316 e. The lowest BCUT2D eigenvalue weighted by molar-refractivity contribution is 0.153. The van der Waals surface area contributed by atoms with Crippen LogP contribution in [-0.4, -0.2) is 37.6 Å². The summed E-state index contributed by atoms with van der Waals surface area (Å²) >= 11 is 0. The van der Waals surface area contributed by atoms with E-state index >= 15 is 0 Å². The summed E-state index contributed by atoms with van der Waals surface area (Å²) in [5, 5.41) is 3.50. The second kappa shape index (κ2) is 8.10. The first kappa shape index (κ1) is 15.0. The van der Waals surface area contributed by atoms with Crippen LogP contribution in [0, 0.1) is 17.8 Å². The van der Waals surface area contributed by atoms with E-state index in [9.17, 15) is 0 Å². The van der Waals surface area contributed by atoms with Crippen molar-refractivity contribution >= 4 is 0 Å². The van der Waals surface area contributed by atoms with Gasteiger partial charge in [-0.1, -0.05) is 40.5 Å². The summed E-state index contributed by atoms with van der Waals surface area (Å²) in [6.45, 7) is 15.6. The van der Waals surface area contributed by atoms with Crippen molar-refractivity contribution in [1.29, 1.82) is 0 Å². The zero-order valence-corrected chi connectivity index (χ0v) is 12.3. The van der Waals surface area contributed by atoms with Crippen LogP contribution in [0.5, 0.6) is 0 Å². The molecule has 2 heteroatoms. The van der Waals surface area contributed by atoms with E-state index in [0.717, 1.165) is 17.8 Å².